The van der Waals surface area contributed by atoms with E-state index in [9.17, 15) is 4.79 Å². The number of rotatable bonds is 2. The molecule has 0 aliphatic rings. The lowest BCUT2D eigenvalue weighted by atomic mass is 10.1. The highest BCUT2D eigenvalue weighted by atomic mass is 79.9. The normalized spacial score (nSPS) is 10.7. The van der Waals surface area contributed by atoms with E-state index in [0.29, 0.717) is 5.56 Å². The monoisotopic (exact) mass is 317 g/mol. The molecule has 2 aromatic heterocycles. The van der Waals surface area contributed by atoms with Gasteiger partial charge in [0.15, 0.2) is 0 Å². The molecule has 0 N–H and O–H groups in total. The Morgan fingerprint density at radius 1 is 1.22 bits per heavy atom. The number of pyridine rings is 1. The zero-order valence-corrected chi connectivity index (χ0v) is 11.7. The number of benzene rings is 1. The number of hydrogen-bond acceptors (Lipinski definition) is 3. The Morgan fingerprint density at radius 3 is 2.89 bits per heavy atom. The lowest BCUT2D eigenvalue weighted by Gasteiger charge is -2.01. The predicted octanol–water partition coefficient (Wildman–Crippen LogP) is 4.29. The van der Waals surface area contributed by atoms with Crippen LogP contribution in [-0.4, -0.2) is 10.8 Å². The number of nitrogens with zero attached hydrogens (tertiary/aromatic N) is 1. The fourth-order valence-electron chi connectivity index (χ4n) is 1.79. The van der Waals surface area contributed by atoms with Crippen molar-refractivity contribution in [3.05, 3.63) is 62.9 Å². The van der Waals surface area contributed by atoms with Gasteiger partial charge in [-0.2, -0.15) is 0 Å². The summed E-state index contributed by atoms with van der Waals surface area (Å²) in [7, 11) is 0. The molecule has 0 saturated heterocycles. The average Bonchev–Trinajstić information content (AvgIpc) is 2.83. The number of fused-ring (bicyclic) bond motifs is 1. The van der Waals surface area contributed by atoms with Crippen LogP contribution in [0.15, 0.2) is 52.4 Å². The molecule has 0 radical (unpaired) electrons. The summed E-state index contributed by atoms with van der Waals surface area (Å²) in [5.41, 5.74) is 1.51. The quantitative estimate of drug-likeness (QED) is 0.660. The molecule has 0 spiro atoms. The van der Waals surface area contributed by atoms with E-state index in [-0.39, 0.29) is 5.78 Å². The molecule has 0 amide bonds. The molecule has 0 fully saturated rings. The lowest BCUT2D eigenvalue weighted by molar-refractivity contribution is 0.104. The first-order valence-corrected chi connectivity index (χ1v) is 7.05. The van der Waals surface area contributed by atoms with Crippen molar-refractivity contribution >= 4 is 44.0 Å². The van der Waals surface area contributed by atoms with Crippen LogP contribution in [0.3, 0.4) is 0 Å². The Morgan fingerprint density at radius 2 is 2.11 bits per heavy atom. The third-order valence-corrected chi connectivity index (χ3v) is 4.53. The fourth-order valence-corrected chi connectivity index (χ4v) is 3.31. The summed E-state index contributed by atoms with van der Waals surface area (Å²) in [6, 6.07) is 11.4. The number of carbonyl (C=O) groups is 1. The molecule has 2 nitrogen and oxygen atoms in total. The van der Waals surface area contributed by atoms with Gasteiger partial charge >= 0.3 is 0 Å². The van der Waals surface area contributed by atoms with Gasteiger partial charge in [0, 0.05) is 21.6 Å². The molecule has 18 heavy (non-hydrogen) atoms. The maximum Gasteiger partial charge on any atom is 0.204 e. The lowest BCUT2D eigenvalue weighted by Crippen LogP contribution is -1.99. The second kappa shape index (κ2) is 4.63. The summed E-state index contributed by atoms with van der Waals surface area (Å²) < 4.78 is 0.846. The van der Waals surface area contributed by atoms with Crippen molar-refractivity contribution in [1.29, 1.82) is 0 Å². The highest BCUT2D eigenvalue weighted by Gasteiger charge is 2.14. The van der Waals surface area contributed by atoms with Crippen LogP contribution < -0.4 is 0 Å². The van der Waals surface area contributed by atoms with Crippen molar-refractivity contribution in [3.63, 3.8) is 0 Å². The Labute approximate surface area is 116 Å². The standard InChI is InChI=1S/C14H8BrNOS/c15-11-5-7-18-14(11)13(17)10-4-3-9-2-1-6-16-12(9)8-10/h1-8H. The molecule has 0 atom stereocenters. The van der Waals surface area contributed by atoms with Gasteiger partial charge in [0.25, 0.3) is 0 Å². The van der Waals surface area contributed by atoms with E-state index in [1.807, 2.05) is 41.8 Å². The Bertz CT molecular complexity index is 735. The van der Waals surface area contributed by atoms with E-state index in [1.54, 1.807) is 6.20 Å². The molecule has 1 aromatic carbocycles. The highest BCUT2D eigenvalue weighted by molar-refractivity contribution is 9.10. The van der Waals surface area contributed by atoms with E-state index in [2.05, 4.69) is 20.9 Å². The van der Waals surface area contributed by atoms with Gasteiger partial charge in [0.2, 0.25) is 5.78 Å². The van der Waals surface area contributed by atoms with Crippen molar-refractivity contribution in [3.8, 4) is 0 Å². The summed E-state index contributed by atoms with van der Waals surface area (Å²) in [6.07, 6.45) is 1.73. The van der Waals surface area contributed by atoms with Crippen molar-refractivity contribution < 1.29 is 4.79 Å². The summed E-state index contributed by atoms with van der Waals surface area (Å²) in [5, 5.41) is 2.94. The first-order valence-electron chi connectivity index (χ1n) is 5.38. The Hall–Kier alpha value is -1.52. The van der Waals surface area contributed by atoms with Gasteiger partial charge in [0.05, 0.1) is 10.4 Å². The second-order valence-electron chi connectivity index (χ2n) is 3.84. The molecule has 0 bridgehead atoms. The van der Waals surface area contributed by atoms with E-state index >= 15 is 0 Å². The molecule has 88 valence electrons. The van der Waals surface area contributed by atoms with E-state index < -0.39 is 0 Å². The molecule has 4 heteroatoms. The third kappa shape index (κ3) is 1.98. The summed E-state index contributed by atoms with van der Waals surface area (Å²) in [6.45, 7) is 0. The maximum absolute atomic E-state index is 12.3. The summed E-state index contributed by atoms with van der Waals surface area (Å²) in [5.74, 6) is 0.0319. The smallest absolute Gasteiger partial charge is 0.204 e. The zero-order chi connectivity index (χ0) is 12.5. The van der Waals surface area contributed by atoms with Crippen LogP contribution >= 0.6 is 27.3 Å². The summed E-state index contributed by atoms with van der Waals surface area (Å²) in [4.78, 5) is 17.3. The van der Waals surface area contributed by atoms with E-state index in [4.69, 9.17) is 0 Å². The minimum absolute atomic E-state index is 0.0319. The molecule has 3 aromatic rings. The minimum Gasteiger partial charge on any atom is -0.288 e. The largest absolute Gasteiger partial charge is 0.288 e. The third-order valence-electron chi connectivity index (χ3n) is 2.69. The molecule has 0 saturated carbocycles. The number of ketones is 1. The number of aromatic nitrogens is 1. The second-order valence-corrected chi connectivity index (χ2v) is 5.61. The predicted molar refractivity (Wildman–Crippen MR) is 77.2 cm³/mol. The van der Waals surface area contributed by atoms with E-state index in [1.165, 1.54) is 11.3 Å². The first-order chi connectivity index (χ1) is 8.75. The van der Waals surface area contributed by atoms with Crippen molar-refractivity contribution in [1.82, 2.24) is 4.98 Å². The van der Waals surface area contributed by atoms with Crippen LogP contribution in [0.25, 0.3) is 10.9 Å². The van der Waals surface area contributed by atoms with Gasteiger partial charge in [-0.15, -0.1) is 11.3 Å². The van der Waals surface area contributed by atoms with Crippen molar-refractivity contribution in [2.45, 2.75) is 0 Å². The fraction of sp³-hybridized carbons (Fsp3) is 0. The van der Waals surface area contributed by atoms with Crippen molar-refractivity contribution in [2.24, 2.45) is 0 Å². The van der Waals surface area contributed by atoms with E-state index in [0.717, 1.165) is 20.3 Å². The topological polar surface area (TPSA) is 30.0 Å². The average molecular weight is 318 g/mol. The highest BCUT2D eigenvalue weighted by Crippen LogP contribution is 2.26. The van der Waals surface area contributed by atoms with Crippen LogP contribution in [0.1, 0.15) is 15.2 Å². The van der Waals surface area contributed by atoms with Gasteiger partial charge in [-0.05, 0) is 39.5 Å². The Kier molecular flexibility index (Phi) is 2.97. The van der Waals surface area contributed by atoms with Crippen LogP contribution in [0.2, 0.25) is 0 Å². The molecule has 2 heterocycles. The molecular weight excluding hydrogens is 310 g/mol. The van der Waals surface area contributed by atoms with Gasteiger partial charge in [0.1, 0.15) is 0 Å². The number of hydrogen-bond donors (Lipinski definition) is 0. The van der Waals surface area contributed by atoms with Crippen molar-refractivity contribution in [2.75, 3.05) is 0 Å². The van der Waals surface area contributed by atoms with Crippen LogP contribution in [0.4, 0.5) is 0 Å². The number of halogens is 1. The molecule has 3 rings (SSSR count). The molecule has 0 unspecified atom stereocenters. The molecular formula is C14H8BrNOS. The van der Waals surface area contributed by atoms with Crippen LogP contribution in [-0.2, 0) is 0 Å². The zero-order valence-electron chi connectivity index (χ0n) is 9.26. The minimum atomic E-state index is 0.0319. The summed E-state index contributed by atoms with van der Waals surface area (Å²) >= 11 is 4.83. The molecule has 0 aliphatic carbocycles. The van der Waals surface area contributed by atoms with Crippen LogP contribution in [0, 0.1) is 0 Å². The number of carbonyl (C=O) groups excluding carboxylic acids is 1. The van der Waals surface area contributed by atoms with Gasteiger partial charge in [-0.25, -0.2) is 0 Å². The maximum atomic E-state index is 12.3. The SMILES string of the molecule is O=C(c1ccc2cccnc2c1)c1sccc1Br. The van der Waals surface area contributed by atoms with Gasteiger partial charge < -0.3 is 0 Å². The molecule has 0 aliphatic heterocycles. The van der Waals surface area contributed by atoms with Gasteiger partial charge in [-0.1, -0.05) is 18.2 Å². The van der Waals surface area contributed by atoms with Gasteiger partial charge in [-0.3, -0.25) is 9.78 Å². The first kappa shape index (κ1) is 11.6. The van der Waals surface area contributed by atoms with Crippen LogP contribution in [0.5, 0.6) is 0 Å². The Balaban J connectivity index is 2.10. The number of thiophene rings is 1.